The van der Waals surface area contributed by atoms with Gasteiger partial charge < -0.3 is 10.6 Å². The number of aliphatic imine (C=N–C) groups is 1. The summed E-state index contributed by atoms with van der Waals surface area (Å²) in [7, 11) is -2.98. The predicted molar refractivity (Wildman–Crippen MR) is 99.8 cm³/mol. The van der Waals surface area contributed by atoms with Crippen molar-refractivity contribution in [1.29, 1.82) is 0 Å². The molecular weight excluding hydrogens is 437 g/mol. The van der Waals surface area contributed by atoms with Crippen LogP contribution in [0.5, 0.6) is 0 Å². The second-order valence-corrected chi connectivity index (χ2v) is 9.07. The van der Waals surface area contributed by atoms with Crippen LogP contribution in [0.1, 0.15) is 25.5 Å². The summed E-state index contributed by atoms with van der Waals surface area (Å²) in [4.78, 5) is 4.42. The zero-order valence-corrected chi connectivity index (χ0v) is 16.2. The second kappa shape index (κ2) is 6.16. The number of nitrogens with one attached hydrogen (secondary N) is 2. The molecule has 3 rings (SSSR count). The Bertz CT molecular complexity index is 689. The van der Waals surface area contributed by atoms with Crippen LogP contribution in [0, 0.1) is 0 Å². The normalized spacial score (nSPS) is 27.9. The van der Waals surface area contributed by atoms with E-state index in [-0.39, 0.29) is 41.8 Å². The lowest BCUT2D eigenvalue weighted by Crippen LogP contribution is -2.67. The molecule has 0 amide bonds. The van der Waals surface area contributed by atoms with E-state index >= 15 is 0 Å². The molecule has 2 aliphatic rings. The van der Waals surface area contributed by atoms with Crippen molar-refractivity contribution >= 4 is 51.4 Å². The molecule has 0 radical (unpaired) electrons. The molecule has 1 fully saturated rings. The average molecular weight is 456 g/mol. The van der Waals surface area contributed by atoms with Gasteiger partial charge in [-0.25, -0.2) is 8.42 Å². The zero-order valence-electron chi connectivity index (χ0n) is 12.3. The Labute approximate surface area is 152 Å². The summed E-state index contributed by atoms with van der Waals surface area (Å²) in [6.07, 6.45) is 0. The maximum absolute atomic E-state index is 11.7. The summed E-state index contributed by atoms with van der Waals surface area (Å²) in [6, 6.07) is 7.64. The van der Waals surface area contributed by atoms with E-state index in [0.29, 0.717) is 17.5 Å². The van der Waals surface area contributed by atoms with Gasteiger partial charge in [-0.05, 0) is 31.5 Å². The van der Waals surface area contributed by atoms with Crippen molar-refractivity contribution in [3.8, 4) is 0 Å². The van der Waals surface area contributed by atoms with Gasteiger partial charge in [0.25, 0.3) is 0 Å². The third kappa shape index (κ3) is 3.07. The average Bonchev–Trinajstić information content (AvgIpc) is 2.87. The molecule has 2 heterocycles. The quantitative estimate of drug-likeness (QED) is 0.670. The fraction of sp³-hybridized carbons (Fsp3) is 0.500. The highest BCUT2D eigenvalue weighted by molar-refractivity contribution is 14.0. The lowest BCUT2D eigenvalue weighted by molar-refractivity contribution is 0.422. The van der Waals surface area contributed by atoms with Crippen LogP contribution in [0.4, 0.5) is 0 Å². The van der Waals surface area contributed by atoms with Crippen molar-refractivity contribution < 1.29 is 8.42 Å². The van der Waals surface area contributed by atoms with Crippen molar-refractivity contribution in [3.05, 3.63) is 34.9 Å². The van der Waals surface area contributed by atoms with E-state index in [1.807, 2.05) is 24.3 Å². The van der Waals surface area contributed by atoms with E-state index in [9.17, 15) is 8.42 Å². The minimum atomic E-state index is -2.98. The zero-order chi connectivity index (χ0) is 15.3. The third-order valence-corrected chi connectivity index (χ3v) is 7.26. The van der Waals surface area contributed by atoms with Gasteiger partial charge in [0.05, 0.1) is 29.1 Å². The van der Waals surface area contributed by atoms with Crippen LogP contribution in [0.25, 0.3) is 0 Å². The first-order valence-corrected chi connectivity index (χ1v) is 8.88. The highest BCUT2D eigenvalue weighted by Crippen LogP contribution is 2.33. The van der Waals surface area contributed by atoms with Crippen LogP contribution in [0.15, 0.2) is 29.3 Å². The number of guanidine groups is 1. The van der Waals surface area contributed by atoms with Gasteiger partial charge in [-0.15, -0.1) is 24.0 Å². The minimum absolute atomic E-state index is 0. The van der Waals surface area contributed by atoms with Gasteiger partial charge in [0.1, 0.15) is 0 Å². The standard InChI is InChI=1S/C14H18ClN3O2S.HI/c1-14(2)12(8-21(14,19)20)18-13-16-7-11(17-13)9-3-5-10(15)6-4-9;/h3-6,11-12H,7-8H2,1-2H3,(H2,16,17,18);1H. The monoisotopic (exact) mass is 455 g/mol. The highest BCUT2D eigenvalue weighted by Gasteiger charge is 2.54. The van der Waals surface area contributed by atoms with Gasteiger partial charge in [0, 0.05) is 5.02 Å². The topological polar surface area (TPSA) is 70.6 Å². The molecule has 2 N–H and O–H groups in total. The molecule has 122 valence electrons. The Morgan fingerprint density at radius 1 is 1.32 bits per heavy atom. The number of benzene rings is 1. The van der Waals surface area contributed by atoms with Gasteiger partial charge in [-0.2, -0.15) is 0 Å². The Hall–Kier alpha value is -0.540. The number of sulfone groups is 1. The summed E-state index contributed by atoms with van der Waals surface area (Å²) in [5.74, 6) is 0.828. The Morgan fingerprint density at radius 2 is 1.95 bits per heavy atom. The molecule has 0 saturated carbocycles. The Balaban J connectivity index is 0.00000176. The van der Waals surface area contributed by atoms with Crippen LogP contribution < -0.4 is 10.6 Å². The number of rotatable bonds is 2. The fourth-order valence-electron chi connectivity index (χ4n) is 2.54. The van der Waals surface area contributed by atoms with E-state index in [4.69, 9.17) is 11.6 Å². The van der Waals surface area contributed by atoms with E-state index in [0.717, 1.165) is 5.56 Å². The molecule has 0 aromatic heterocycles. The van der Waals surface area contributed by atoms with E-state index in [1.54, 1.807) is 13.8 Å². The van der Waals surface area contributed by atoms with Crippen molar-refractivity contribution in [2.24, 2.45) is 4.99 Å². The molecule has 0 aliphatic carbocycles. The number of halogens is 2. The SMILES string of the molecule is CC1(C)C(NC2=NCC(c3ccc(Cl)cc3)N2)CS1(=O)=O.I. The van der Waals surface area contributed by atoms with E-state index in [1.165, 1.54) is 0 Å². The van der Waals surface area contributed by atoms with Crippen LogP contribution in [0.3, 0.4) is 0 Å². The van der Waals surface area contributed by atoms with Crippen LogP contribution in [0.2, 0.25) is 5.02 Å². The van der Waals surface area contributed by atoms with Crippen LogP contribution >= 0.6 is 35.6 Å². The van der Waals surface area contributed by atoms with Gasteiger partial charge in [0.2, 0.25) is 0 Å². The first-order chi connectivity index (χ1) is 9.79. The molecule has 0 bridgehead atoms. The number of hydrogen-bond donors (Lipinski definition) is 2. The number of hydrogen-bond acceptors (Lipinski definition) is 5. The first kappa shape index (κ1) is 17.8. The molecule has 2 unspecified atom stereocenters. The molecule has 2 atom stereocenters. The summed E-state index contributed by atoms with van der Waals surface area (Å²) in [6.45, 7) is 4.12. The van der Waals surface area contributed by atoms with E-state index in [2.05, 4.69) is 15.6 Å². The summed E-state index contributed by atoms with van der Waals surface area (Å²) >= 11 is 5.88. The van der Waals surface area contributed by atoms with Crippen LogP contribution in [-0.4, -0.2) is 37.5 Å². The van der Waals surface area contributed by atoms with Crippen molar-refractivity contribution in [2.75, 3.05) is 12.3 Å². The lowest BCUT2D eigenvalue weighted by atomic mass is 10.0. The van der Waals surface area contributed by atoms with Crippen molar-refractivity contribution in [2.45, 2.75) is 30.7 Å². The van der Waals surface area contributed by atoms with Crippen LogP contribution in [-0.2, 0) is 9.84 Å². The smallest absolute Gasteiger partial charge is 0.192 e. The minimum Gasteiger partial charge on any atom is -0.351 e. The van der Waals surface area contributed by atoms with Gasteiger partial charge in [-0.3, -0.25) is 4.99 Å². The maximum Gasteiger partial charge on any atom is 0.192 e. The molecular formula is C14H19ClIN3O2S. The highest BCUT2D eigenvalue weighted by atomic mass is 127. The summed E-state index contributed by atoms with van der Waals surface area (Å²) in [5.41, 5.74) is 1.11. The molecule has 8 heteroatoms. The van der Waals surface area contributed by atoms with Gasteiger partial charge in [0.15, 0.2) is 15.8 Å². The molecule has 22 heavy (non-hydrogen) atoms. The molecule has 1 aromatic carbocycles. The van der Waals surface area contributed by atoms with Crippen molar-refractivity contribution in [3.63, 3.8) is 0 Å². The predicted octanol–water partition coefficient (Wildman–Crippen LogP) is 2.12. The van der Waals surface area contributed by atoms with Crippen molar-refractivity contribution in [1.82, 2.24) is 10.6 Å². The molecule has 0 spiro atoms. The molecule has 2 aliphatic heterocycles. The maximum atomic E-state index is 11.7. The summed E-state index contributed by atoms with van der Waals surface area (Å²) < 4.78 is 22.7. The second-order valence-electron chi connectivity index (χ2n) is 6.02. The Morgan fingerprint density at radius 3 is 2.50 bits per heavy atom. The number of nitrogens with zero attached hydrogens (tertiary/aromatic N) is 1. The van der Waals surface area contributed by atoms with E-state index < -0.39 is 14.6 Å². The largest absolute Gasteiger partial charge is 0.351 e. The molecule has 5 nitrogen and oxygen atoms in total. The lowest BCUT2D eigenvalue weighted by Gasteiger charge is -2.44. The Kier molecular flexibility index (Phi) is 4.99. The third-order valence-electron chi connectivity index (χ3n) is 4.35. The van der Waals surface area contributed by atoms with Gasteiger partial charge in [-0.1, -0.05) is 23.7 Å². The molecule has 1 saturated heterocycles. The first-order valence-electron chi connectivity index (χ1n) is 6.85. The molecule has 1 aromatic rings. The van der Waals surface area contributed by atoms with Gasteiger partial charge >= 0.3 is 0 Å². The fourth-order valence-corrected chi connectivity index (χ4v) is 4.32. The summed E-state index contributed by atoms with van der Waals surface area (Å²) in [5, 5.41) is 7.20.